The molecule has 1 saturated carbocycles. The Morgan fingerprint density at radius 1 is 1.33 bits per heavy atom. The van der Waals surface area contributed by atoms with E-state index in [4.69, 9.17) is 9.15 Å². The SMILES string of the molecule is COc1ccccc1-c1nc(NC(=O)C2CC2c2ccco2)n[nH]1. The zero-order valence-corrected chi connectivity index (χ0v) is 13.0. The van der Waals surface area contributed by atoms with E-state index in [2.05, 4.69) is 20.5 Å². The Kier molecular flexibility index (Phi) is 3.53. The summed E-state index contributed by atoms with van der Waals surface area (Å²) < 4.78 is 10.7. The van der Waals surface area contributed by atoms with Crippen LogP contribution in [-0.4, -0.2) is 28.2 Å². The fourth-order valence-electron chi connectivity index (χ4n) is 2.78. The molecule has 24 heavy (non-hydrogen) atoms. The van der Waals surface area contributed by atoms with Crippen molar-refractivity contribution in [3.8, 4) is 17.1 Å². The van der Waals surface area contributed by atoms with Crippen molar-refractivity contribution in [1.29, 1.82) is 0 Å². The molecule has 122 valence electrons. The largest absolute Gasteiger partial charge is 0.496 e. The molecule has 0 saturated heterocycles. The first-order valence-corrected chi connectivity index (χ1v) is 7.66. The zero-order valence-electron chi connectivity index (χ0n) is 13.0. The Balaban J connectivity index is 1.45. The van der Waals surface area contributed by atoms with Crippen LogP contribution < -0.4 is 10.1 Å². The maximum absolute atomic E-state index is 12.3. The minimum Gasteiger partial charge on any atom is -0.496 e. The molecule has 0 radical (unpaired) electrons. The van der Waals surface area contributed by atoms with Crippen molar-refractivity contribution in [3.05, 3.63) is 48.4 Å². The predicted molar refractivity (Wildman–Crippen MR) is 86.6 cm³/mol. The zero-order chi connectivity index (χ0) is 16.5. The second-order valence-electron chi connectivity index (χ2n) is 5.66. The highest BCUT2D eigenvalue weighted by Gasteiger charge is 2.46. The number of hydrogen-bond acceptors (Lipinski definition) is 5. The molecule has 0 bridgehead atoms. The predicted octanol–water partition coefficient (Wildman–Crippen LogP) is 2.82. The van der Waals surface area contributed by atoms with Crippen molar-refractivity contribution in [1.82, 2.24) is 15.2 Å². The molecule has 1 amide bonds. The summed E-state index contributed by atoms with van der Waals surface area (Å²) in [6, 6.07) is 11.2. The summed E-state index contributed by atoms with van der Waals surface area (Å²) >= 11 is 0. The third kappa shape index (κ3) is 2.64. The number of furan rings is 1. The first kappa shape index (κ1) is 14.5. The van der Waals surface area contributed by atoms with Crippen molar-refractivity contribution >= 4 is 11.9 Å². The van der Waals surface area contributed by atoms with Crippen molar-refractivity contribution in [2.24, 2.45) is 5.92 Å². The Morgan fingerprint density at radius 3 is 3.00 bits per heavy atom. The summed E-state index contributed by atoms with van der Waals surface area (Å²) in [4.78, 5) is 16.6. The number of anilines is 1. The first-order valence-electron chi connectivity index (χ1n) is 7.66. The number of nitrogens with zero attached hydrogens (tertiary/aromatic N) is 2. The lowest BCUT2D eigenvalue weighted by atomic mass is 10.2. The summed E-state index contributed by atoms with van der Waals surface area (Å²) in [5.74, 6) is 2.29. The van der Waals surface area contributed by atoms with Gasteiger partial charge in [0.2, 0.25) is 11.9 Å². The molecule has 1 fully saturated rings. The number of hydrogen-bond donors (Lipinski definition) is 2. The quantitative estimate of drug-likeness (QED) is 0.753. The Bertz CT molecular complexity index is 856. The molecule has 7 heteroatoms. The van der Waals surface area contributed by atoms with Crippen molar-refractivity contribution < 1.29 is 13.9 Å². The van der Waals surface area contributed by atoms with Crippen molar-refractivity contribution in [2.75, 3.05) is 12.4 Å². The molecule has 2 atom stereocenters. The molecule has 7 nitrogen and oxygen atoms in total. The molecule has 1 aliphatic rings. The number of para-hydroxylation sites is 1. The van der Waals surface area contributed by atoms with Gasteiger partial charge in [-0.2, -0.15) is 4.98 Å². The highest BCUT2D eigenvalue weighted by molar-refractivity contribution is 5.93. The van der Waals surface area contributed by atoms with E-state index < -0.39 is 0 Å². The van der Waals surface area contributed by atoms with E-state index in [0.29, 0.717) is 11.6 Å². The summed E-state index contributed by atoms with van der Waals surface area (Å²) in [5, 5.41) is 9.63. The number of carbonyl (C=O) groups excluding carboxylic acids is 1. The van der Waals surface area contributed by atoms with Crippen LogP contribution in [0.3, 0.4) is 0 Å². The molecule has 2 heterocycles. The van der Waals surface area contributed by atoms with Gasteiger partial charge in [-0.3, -0.25) is 15.2 Å². The minimum atomic E-state index is -0.0954. The highest BCUT2D eigenvalue weighted by Crippen LogP contribution is 2.48. The summed E-state index contributed by atoms with van der Waals surface area (Å²) in [7, 11) is 1.60. The average Bonchev–Trinajstić information content (AvgIpc) is 3.01. The van der Waals surface area contributed by atoms with Gasteiger partial charge in [-0.05, 0) is 30.7 Å². The van der Waals surface area contributed by atoms with Crippen LogP contribution in [0, 0.1) is 5.92 Å². The second kappa shape index (κ2) is 5.84. The number of aromatic amines is 1. The number of carbonyl (C=O) groups is 1. The van der Waals surface area contributed by atoms with Crippen LogP contribution in [0.25, 0.3) is 11.4 Å². The van der Waals surface area contributed by atoms with Gasteiger partial charge < -0.3 is 9.15 Å². The summed E-state index contributed by atoms with van der Waals surface area (Å²) in [5.41, 5.74) is 0.785. The third-order valence-electron chi connectivity index (χ3n) is 4.12. The van der Waals surface area contributed by atoms with Crippen LogP contribution in [0.5, 0.6) is 5.75 Å². The van der Waals surface area contributed by atoms with Crippen LogP contribution in [0.1, 0.15) is 18.1 Å². The number of benzene rings is 1. The van der Waals surface area contributed by atoms with E-state index in [-0.39, 0.29) is 23.7 Å². The Hall–Kier alpha value is -3.09. The minimum absolute atomic E-state index is 0.0932. The maximum Gasteiger partial charge on any atom is 0.249 e. The maximum atomic E-state index is 12.3. The number of methoxy groups -OCH3 is 1. The topological polar surface area (TPSA) is 93.0 Å². The van der Waals surface area contributed by atoms with E-state index >= 15 is 0 Å². The molecule has 1 aliphatic carbocycles. The number of amides is 1. The van der Waals surface area contributed by atoms with Crippen LogP contribution in [-0.2, 0) is 4.79 Å². The molecule has 3 aromatic rings. The van der Waals surface area contributed by atoms with Gasteiger partial charge in [-0.25, -0.2) is 0 Å². The van der Waals surface area contributed by atoms with Gasteiger partial charge in [0.25, 0.3) is 0 Å². The Morgan fingerprint density at radius 2 is 2.21 bits per heavy atom. The van der Waals surface area contributed by atoms with Gasteiger partial charge in [0.1, 0.15) is 11.5 Å². The molecule has 2 unspecified atom stereocenters. The lowest BCUT2D eigenvalue weighted by molar-refractivity contribution is -0.117. The van der Waals surface area contributed by atoms with Crippen LogP contribution in [0.2, 0.25) is 0 Å². The lowest BCUT2D eigenvalue weighted by Gasteiger charge is -2.04. The summed E-state index contributed by atoms with van der Waals surface area (Å²) in [6.45, 7) is 0. The fourth-order valence-corrected chi connectivity index (χ4v) is 2.78. The molecule has 2 N–H and O–H groups in total. The monoisotopic (exact) mass is 324 g/mol. The fraction of sp³-hybridized carbons (Fsp3) is 0.235. The van der Waals surface area contributed by atoms with E-state index in [1.807, 2.05) is 36.4 Å². The van der Waals surface area contributed by atoms with Gasteiger partial charge in [-0.1, -0.05) is 12.1 Å². The molecule has 0 spiro atoms. The second-order valence-corrected chi connectivity index (χ2v) is 5.66. The standard InChI is InChI=1S/C17H16N4O3/c1-23-13-6-3-2-5-10(13)15-18-17(21-20-15)19-16(22)12-9-11(12)14-7-4-8-24-14/h2-8,11-12H,9H2,1H3,(H2,18,19,20,21,22). The average molecular weight is 324 g/mol. The van der Waals surface area contributed by atoms with Crippen LogP contribution in [0.4, 0.5) is 5.95 Å². The van der Waals surface area contributed by atoms with Crippen molar-refractivity contribution in [2.45, 2.75) is 12.3 Å². The third-order valence-corrected chi connectivity index (χ3v) is 4.12. The molecule has 0 aliphatic heterocycles. The first-order chi connectivity index (χ1) is 11.8. The van der Waals surface area contributed by atoms with Gasteiger partial charge in [0, 0.05) is 11.8 Å². The van der Waals surface area contributed by atoms with Gasteiger partial charge in [0.15, 0.2) is 5.82 Å². The molecule has 2 aromatic heterocycles. The van der Waals surface area contributed by atoms with Crippen molar-refractivity contribution in [3.63, 3.8) is 0 Å². The van der Waals surface area contributed by atoms with Crippen LogP contribution in [0.15, 0.2) is 47.1 Å². The smallest absolute Gasteiger partial charge is 0.249 e. The molecular formula is C17H16N4O3. The van der Waals surface area contributed by atoms with Gasteiger partial charge >= 0.3 is 0 Å². The number of H-pyrrole nitrogens is 1. The molecule has 4 rings (SSSR count). The van der Waals surface area contributed by atoms with E-state index in [0.717, 1.165) is 17.7 Å². The van der Waals surface area contributed by atoms with Gasteiger partial charge in [-0.15, -0.1) is 5.10 Å². The Labute approximate surface area is 138 Å². The lowest BCUT2D eigenvalue weighted by Crippen LogP contribution is -2.15. The summed E-state index contributed by atoms with van der Waals surface area (Å²) in [6.07, 6.45) is 2.40. The van der Waals surface area contributed by atoms with E-state index in [9.17, 15) is 4.79 Å². The molecule has 1 aromatic carbocycles. The normalized spacial score (nSPS) is 19.0. The number of rotatable bonds is 5. The van der Waals surface area contributed by atoms with E-state index in [1.54, 1.807) is 13.4 Å². The number of aromatic nitrogens is 3. The number of ether oxygens (including phenoxy) is 1. The number of nitrogens with one attached hydrogen (secondary N) is 2. The van der Waals surface area contributed by atoms with E-state index in [1.165, 1.54) is 0 Å². The highest BCUT2D eigenvalue weighted by atomic mass is 16.5. The van der Waals surface area contributed by atoms with Crippen LogP contribution >= 0.6 is 0 Å². The molecular weight excluding hydrogens is 308 g/mol. The van der Waals surface area contributed by atoms with Gasteiger partial charge in [0.05, 0.1) is 18.9 Å².